The molecular formula is C16H20N4O3. The number of anilines is 1. The molecule has 1 heterocycles. The molecule has 7 nitrogen and oxygen atoms in total. The first-order valence-electron chi connectivity index (χ1n) is 7.25. The number of aliphatic carboxylic acids is 1. The Morgan fingerprint density at radius 2 is 1.91 bits per heavy atom. The summed E-state index contributed by atoms with van der Waals surface area (Å²) in [6.07, 6.45) is -0.0921. The molecule has 1 aromatic carbocycles. The van der Waals surface area contributed by atoms with Gasteiger partial charge in [0.1, 0.15) is 0 Å². The van der Waals surface area contributed by atoms with Crippen molar-refractivity contribution in [1.29, 1.82) is 0 Å². The van der Waals surface area contributed by atoms with Gasteiger partial charge in [-0.15, -0.1) is 0 Å². The molecule has 122 valence electrons. The molecule has 0 aliphatic heterocycles. The molecule has 0 unspecified atom stereocenters. The maximum atomic E-state index is 12.2. The predicted molar refractivity (Wildman–Crippen MR) is 86.9 cm³/mol. The highest BCUT2D eigenvalue weighted by molar-refractivity contribution is 5.90. The molecule has 0 spiro atoms. The third kappa shape index (κ3) is 3.88. The van der Waals surface area contributed by atoms with Crippen LogP contribution in [0.3, 0.4) is 0 Å². The number of nitrogens with one attached hydrogen (secondary N) is 1. The highest BCUT2D eigenvalue weighted by atomic mass is 16.4. The number of carboxylic acid groups (broad SMARTS) is 1. The number of hydrogen-bond acceptors (Lipinski definition) is 3. The van der Waals surface area contributed by atoms with Crippen LogP contribution in [0.1, 0.15) is 17.8 Å². The van der Waals surface area contributed by atoms with Crippen LogP contribution in [0, 0.1) is 13.8 Å². The fraction of sp³-hybridized carbons (Fsp3) is 0.312. The molecule has 1 aromatic heterocycles. The Balaban J connectivity index is 2.16. The molecule has 0 bridgehead atoms. The summed E-state index contributed by atoms with van der Waals surface area (Å²) in [6, 6.07) is 9.28. The van der Waals surface area contributed by atoms with Gasteiger partial charge in [-0.05, 0) is 26.0 Å². The SMILES string of the molecule is Cc1nn(-c2ccccc2)c(C)c1NC(=O)N(C)CCC(=O)O. The lowest BCUT2D eigenvalue weighted by atomic mass is 10.3. The second-order valence-corrected chi connectivity index (χ2v) is 5.29. The maximum Gasteiger partial charge on any atom is 0.321 e. The fourth-order valence-corrected chi connectivity index (χ4v) is 2.21. The zero-order valence-electron chi connectivity index (χ0n) is 13.4. The zero-order chi connectivity index (χ0) is 17.0. The minimum atomic E-state index is -0.936. The van der Waals surface area contributed by atoms with Crippen molar-refractivity contribution in [2.45, 2.75) is 20.3 Å². The van der Waals surface area contributed by atoms with E-state index in [1.807, 2.05) is 44.2 Å². The molecular weight excluding hydrogens is 296 g/mol. The van der Waals surface area contributed by atoms with Crippen LogP contribution in [0.15, 0.2) is 30.3 Å². The van der Waals surface area contributed by atoms with Gasteiger partial charge in [0.05, 0.1) is 29.2 Å². The number of carbonyl (C=O) groups excluding carboxylic acids is 1. The van der Waals surface area contributed by atoms with E-state index in [0.717, 1.165) is 11.4 Å². The van der Waals surface area contributed by atoms with Crippen molar-refractivity contribution in [1.82, 2.24) is 14.7 Å². The smallest absolute Gasteiger partial charge is 0.321 e. The lowest BCUT2D eigenvalue weighted by Gasteiger charge is -2.17. The van der Waals surface area contributed by atoms with Crippen LogP contribution in [0.4, 0.5) is 10.5 Å². The van der Waals surface area contributed by atoms with E-state index in [1.54, 1.807) is 11.7 Å². The zero-order valence-corrected chi connectivity index (χ0v) is 13.4. The standard InChI is InChI=1S/C16H20N4O3/c1-11-15(17-16(23)19(3)10-9-14(21)22)12(2)20(18-11)13-7-5-4-6-8-13/h4-8H,9-10H2,1-3H3,(H,17,23)(H,21,22). The number of aryl methyl sites for hydroxylation is 1. The molecule has 0 saturated carbocycles. The van der Waals surface area contributed by atoms with Crippen molar-refractivity contribution in [2.24, 2.45) is 0 Å². The predicted octanol–water partition coefficient (Wildman–Crippen LogP) is 2.43. The molecule has 2 rings (SSSR count). The normalized spacial score (nSPS) is 10.4. The van der Waals surface area contributed by atoms with Gasteiger partial charge in [-0.1, -0.05) is 18.2 Å². The van der Waals surface area contributed by atoms with Gasteiger partial charge in [0, 0.05) is 13.6 Å². The van der Waals surface area contributed by atoms with Crippen molar-refractivity contribution < 1.29 is 14.7 Å². The van der Waals surface area contributed by atoms with E-state index in [4.69, 9.17) is 5.11 Å². The Kier molecular flexibility index (Phi) is 5.00. The lowest BCUT2D eigenvalue weighted by Crippen LogP contribution is -2.33. The average Bonchev–Trinajstić information content (AvgIpc) is 2.81. The van der Waals surface area contributed by atoms with Crippen LogP contribution in [0.2, 0.25) is 0 Å². The van der Waals surface area contributed by atoms with Gasteiger partial charge in [0.15, 0.2) is 0 Å². The first kappa shape index (κ1) is 16.5. The van der Waals surface area contributed by atoms with Gasteiger partial charge in [-0.3, -0.25) is 4.79 Å². The Labute approximate surface area is 134 Å². The second kappa shape index (κ2) is 6.95. The van der Waals surface area contributed by atoms with Crippen molar-refractivity contribution in [3.05, 3.63) is 41.7 Å². The molecule has 23 heavy (non-hydrogen) atoms. The minimum Gasteiger partial charge on any atom is -0.481 e. The quantitative estimate of drug-likeness (QED) is 0.887. The number of aromatic nitrogens is 2. The van der Waals surface area contributed by atoms with Gasteiger partial charge >= 0.3 is 12.0 Å². The first-order valence-corrected chi connectivity index (χ1v) is 7.25. The number of amides is 2. The average molecular weight is 316 g/mol. The monoisotopic (exact) mass is 316 g/mol. The van der Waals surface area contributed by atoms with Gasteiger partial charge < -0.3 is 15.3 Å². The molecule has 0 atom stereocenters. The summed E-state index contributed by atoms with van der Waals surface area (Å²) in [4.78, 5) is 24.1. The summed E-state index contributed by atoms with van der Waals surface area (Å²) < 4.78 is 1.77. The third-order valence-electron chi connectivity index (χ3n) is 3.53. The Bertz CT molecular complexity index is 710. The van der Waals surface area contributed by atoms with Gasteiger partial charge in [0.25, 0.3) is 0 Å². The highest BCUT2D eigenvalue weighted by Gasteiger charge is 2.17. The van der Waals surface area contributed by atoms with Crippen LogP contribution in [0.25, 0.3) is 5.69 Å². The molecule has 0 aliphatic rings. The molecule has 7 heteroatoms. The molecule has 2 aromatic rings. The molecule has 2 amide bonds. The van der Waals surface area contributed by atoms with Crippen LogP contribution in [0.5, 0.6) is 0 Å². The number of nitrogens with zero attached hydrogens (tertiary/aromatic N) is 3. The molecule has 2 N–H and O–H groups in total. The van der Waals surface area contributed by atoms with Crippen LogP contribution in [-0.4, -0.2) is 45.4 Å². The number of hydrogen-bond donors (Lipinski definition) is 2. The van der Waals surface area contributed by atoms with Crippen molar-refractivity contribution in [3.8, 4) is 5.69 Å². The van der Waals surface area contributed by atoms with Crippen LogP contribution in [-0.2, 0) is 4.79 Å². The van der Waals surface area contributed by atoms with E-state index in [1.165, 1.54) is 4.90 Å². The van der Waals surface area contributed by atoms with Gasteiger partial charge in [0.2, 0.25) is 0 Å². The summed E-state index contributed by atoms with van der Waals surface area (Å²) in [6.45, 7) is 3.84. The number of carbonyl (C=O) groups is 2. The van der Waals surface area contributed by atoms with E-state index in [9.17, 15) is 9.59 Å². The summed E-state index contributed by atoms with van der Waals surface area (Å²) >= 11 is 0. The topological polar surface area (TPSA) is 87.5 Å². The van der Waals surface area contributed by atoms with Gasteiger partial charge in [-0.25, -0.2) is 9.48 Å². The number of para-hydroxylation sites is 1. The minimum absolute atomic E-state index is 0.0921. The van der Waals surface area contributed by atoms with Crippen molar-refractivity contribution in [3.63, 3.8) is 0 Å². The first-order chi connectivity index (χ1) is 10.9. The summed E-state index contributed by atoms with van der Waals surface area (Å²) in [5.74, 6) is -0.936. The second-order valence-electron chi connectivity index (χ2n) is 5.29. The van der Waals surface area contributed by atoms with E-state index in [0.29, 0.717) is 11.4 Å². The summed E-state index contributed by atoms with van der Waals surface area (Å²) in [5.41, 5.74) is 3.06. The van der Waals surface area contributed by atoms with E-state index >= 15 is 0 Å². The highest BCUT2D eigenvalue weighted by Crippen LogP contribution is 2.22. The van der Waals surface area contributed by atoms with E-state index in [2.05, 4.69) is 10.4 Å². The number of rotatable bonds is 5. The third-order valence-corrected chi connectivity index (χ3v) is 3.53. The van der Waals surface area contributed by atoms with Crippen LogP contribution < -0.4 is 5.32 Å². The van der Waals surface area contributed by atoms with Crippen LogP contribution >= 0.6 is 0 Å². The Morgan fingerprint density at radius 1 is 1.26 bits per heavy atom. The number of benzene rings is 1. The van der Waals surface area contributed by atoms with Gasteiger partial charge in [-0.2, -0.15) is 5.10 Å². The van der Waals surface area contributed by atoms with Crippen molar-refractivity contribution >= 4 is 17.7 Å². The Hall–Kier alpha value is -2.83. The molecule has 0 aliphatic carbocycles. The largest absolute Gasteiger partial charge is 0.481 e. The summed E-state index contributed by atoms with van der Waals surface area (Å²) in [5, 5.41) is 15.9. The fourth-order valence-electron chi connectivity index (χ4n) is 2.21. The molecule has 0 saturated heterocycles. The number of urea groups is 1. The van der Waals surface area contributed by atoms with E-state index < -0.39 is 5.97 Å². The summed E-state index contributed by atoms with van der Waals surface area (Å²) in [7, 11) is 1.56. The number of carboxylic acids is 1. The molecule has 0 fully saturated rings. The molecule has 0 radical (unpaired) electrons. The maximum absolute atomic E-state index is 12.2. The van der Waals surface area contributed by atoms with E-state index in [-0.39, 0.29) is 19.0 Å². The van der Waals surface area contributed by atoms with Crippen molar-refractivity contribution in [2.75, 3.05) is 18.9 Å². The Morgan fingerprint density at radius 3 is 2.52 bits per heavy atom. The lowest BCUT2D eigenvalue weighted by molar-refractivity contribution is -0.137.